The van der Waals surface area contributed by atoms with Gasteiger partial charge in [0.15, 0.2) is 0 Å². The molecule has 1 aromatic carbocycles. The van der Waals surface area contributed by atoms with Crippen LogP contribution in [0.5, 0.6) is 0 Å². The van der Waals surface area contributed by atoms with Crippen LogP contribution >= 0.6 is 0 Å². The summed E-state index contributed by atoms with van der Waals surface area (Å²) >= 11 is 0. The van der Waals surface area contributed by atoms with E-state index in [0.29, 0.717) is 6.04 Å². The molecule has 0 spiro atoms. The Hall–Kier alpha value is -1.41. The summed E-state index contributed by atoms with van der Waals surface area (Å²) in [5.74, 6) is 0.740. The molecule has 0 aliphatic heterocycles. The molecule has 2 aromatic rings. The van der Waals surface area contributed by atoms with Gasteiger partial charge < -0.3 is 5.32 Å². The molecule has 0 aliphatic rings. The summed E-state index contributed by atoms with van der Waals surface area (Å²) < 4.78 is 0. The second kappa shape index (κ2) is 7.39. The van der Waals surface area contributed by atoms with Gasteiger partial charge in [0.05, 0.1) is 5.52 Å². The van der Waals surface area contributed by atoms with E-state index in [2.05, 4.69) is 55.3 Å². The van der Waals surface area contributed by atoms with Crippen LogP contribution in [0.25, 0.3) is 10.9 Å². The number of fused-ring (bicyclic) bond motifs is 1. The Kier molecular flexibility index (Phi) is 5.54. The highest BCUT2D eigenvalue weighted by Crippen LogP contribution is 2.25. The third-order valence-electron chi connectivity index (χ3n) is 4.01. The predicted molar refractivity (Wildman–Crippen MR) is 86.8 cm³/mol. The molecule has 2 unspecified atom stereocenters. The number of nitrogens with one attached hydrogen (secondary N) is 1. The number of nitrogens with zero attached hydrogens (tertiary/aromatic N) is 1. The number of pyridine rings is 1. The van der Waals surface area contributed by atoms with E-state index >= 15 is 0 Å². The fourth-order valence-electron chi connectivity index (χ4n) is 2.53. The number of rotatable bonds is 7. The minimum absolute atomic E-state index is 0.441. The highest BCUT2D eigenvalue weighted by molar-refractivity contribution is 5.78. The summed E-state index contributed by atoms with van der Waals surface area (Å²) in [6.07, 6.45) is 5.46. The summed E-state index contributed by atoms with van der Waals surface area (Å²) in [7, 11) is 0. The first kappa shape index (κ1) is 15.0. The lowest BCUT2D eigenvalue weighted by Gasteiger charge is -2.22. The molecule has 1 aromatic heterocycles. The van der Waals surface area contributed by atoms with E-state index in [1.807, 2.05) is 12.3 Å². The van der Waals surface area contributed by atoms with Gasteiger partial charge in [-0.2, -0.15) is 0 Å². The van der Waals surface area contributed by atoms with Crippen LogP contribution in [-0.2, 0) is 0 Å². The maximum atomic E-state index is 4.48. The van der Waals surface area contributed by atoms with Crippen molar-refractivity contribution in [2.75, 3.05) is 6.54 Å². The fraction of sp³-hybridized carbons (Fsp3) is 0.500. The van der Waals surface area contributed by atoms with Crippen LogP contribution in [-0.4, -0.2) is 11.5 Å². The maximum absolute atomic E-state index is 4.48. The molecule has 2 heteroatoms. The van der Waals surface area contributed by atoms with Crippen molar-refractivity contribution in [1.82, 2.24) is 10.3 Å². The molecule has 0 bridgehead atoms. The number of aromatic nitrogens is 1. The monoisotopic (exact) mass is 270 g/mol. The Labute approximate surface area is 122 Å². The van der Waals surface area contributed by atoms with E-state index in [4.69, 9.17) is 0 Å². The van der Waals surface area contributed by atoms with Crippen molar-refractivity contribution in [3.8, 4) is 0 Å². The van der Waals surface area contributed by atoms with Crippen LogP contribution < -0.4 is 5.32 Å². The van der Waals surface area contributed by atoms with Crippen LogP contribution in [0.4, 0.5) is 0 Å². The molecule has 1 N–H and O–H groups in total. The van der Waals surface area contributed by atoms with Crippen molar-refractivity contribution in [2.45, 2.75) is 46.1 Å². The van der Waals surface area contributed by atoms with E-state index in [1.165, 1.54) is 30.2 Å². The average Bonchev–Trinajstić information content (AvgIpc) is 2.50. The van der Waals surface area contributed by atoms with Gasteiger partial charge in [-0.25, -0.2) is 0 Å². The van der Waals surface area contributed by atoms with E-state index in [1.54, 1.807) is 0 Å². The van der Waals surface area contributed by atoms with Crippen molar-refractivity contribution < 1.29 is 0 Å². The van der Waals surface area contributed by atoms with Crippen molar-refractivity contribution in [2.24, 2.45) is 5.92 Å². The lowest BCUT2D eigenvalue weighted by atomic mass is 9.93. The molecule has 0 fully saturated rings. The van der Waals surface area contributed by atoms with Gasteiger partial charge in [-0.3, -0.25) is 4.98 Å². The Morgan fingerprint density at radius 2 is 2.05 bits per heavy atom. The first-order valence-electron chi connectivity index (χ1n) is 7.82. The zero-order chi connectivity index (χ0) is 14.4. The Morgan fingerprint density at radius 1 is 1.20 bits per heavy atom. The largest absolute Gasteiger partial charge is 0.310 e. The Morgan fingerprint density at radius 3 is 2.80 bits per heavy atom. The van der Waals surface area contributed by atoms with Crippen LogP contribution in [0.2, 0.25) is 0 Å². The highest BCUT2D eigenvalue weighted by atomic mass is 14.9. The minimum atomic E-state index is 0.441. The number of hydrogen-bond acceptors (Lipinski definition) is 2. The lowest BCUT2D eigenvalue weighted by Crippen LogP contribution is -2.24. The molecule has 0 radical (unpaired) electrons. The number of benzene rings is 1. The molecule has 20 heavy (non-hydrogen) atoms. The highest BCUT2D eigenvalue weighted by Gasteiger charge is 2.14. The Balaban J connectivity index is 2.24. The summed E-state index contributed by atoms with van der Waals surface area (Å²) in [4.78, 5) is 4.48. The Bertz CT molecular complexity index is 536. The van der Waals surface area contributed by atoms with E-state index in [-0.39, 0.29) is 0 Å². The maximum Gasteiger partial charge on any atom is 0.0705 e. The smallest absolute Gasteiger partial charge is 0.0705 e. The van der Waals surface area contributed by atoms with Gasteiger partial charge in [0.2, 0.25) is 0 Å². The van der Waals surface area contributed by atoms with E-state index in [9.17, 15) is 0 Å². The van der Waals surface area contributed by atoms with E-state index in [0.717, 1.165) is 18.0 Å². The predicted octanol–water partition coefficient (Wildman–Crippen LogP) is 4.71. The summed E-state index contributed by atoms with van der Waals surface area (Å²) in [6, 6.07) is 11.2. The quantitative estimate of drug-likeness (QED) is 0.788. The average molecular weight is 270 g/mol. The molecule has 2 atom stereocenters. The molecular formula is C18H26N2. The molecule has 2 rings (SSSR count). The van der Waals surface area contributed by atoms with E-state index < -0.39 is 0 Å². The molecule has 0 amide bonds. The van der Waals surface area contributed by atoms with Gasteiger partial charge in [-0.1, -0.05) is 45.4 Å². The summed E-state index contributed by atoms with van der Waals surface area (Å²) in [5.41, 5.74) is 2.46. The zero-order valence-corrected chi connectivity index (χ0v) is 12.9. The summed E-state index contributed by atoms with van der Waals surface area (Å²) in [5, 5.41) is 4.90. The lowest BCUT2D eigenvalue weighted by molar-refractivity contribution is 0.402. The molecule has 0 saturated heterocycles. The van der Waals surface area contributed by atoms with Gasteiger partial charge in [0.1, 0.15) is 0 Å². The standard InChI is InChI=1S/C18H26N2/c1-4-10-19-17(12-14(3)5-2)16-9-8-15-7-6-11-20-18(15)13-16/h6-9,11,13-14,17,19H,4-5,10,12H2,1-3H3. The first-order chi connectivity index (χ1) is 9.74. The fourth-order valence-corrected chi connectivity index (χ4v) is 2.53. The van der Waals surface area contributed by atoms with Gasteiger partial charge >= 0.3 is 0 Å². The molecule has 1 heterocycles. The summed E-state index contributed by atoms with van der Waals surface area (Å²) in [6.45, 7) is 7.89. The van der Waals surface area contributed by atoms with Gasteiger partial charge in [-0.15, -0.1) is 0 Å². The van der Waals surface area contributed by atoms with Crippen LogP contribution in [0.1, 0.15) is 51.6 Å². The van der Waals surface area contributed by atoms with Crippen LogP contribution in [0.15, 0.2) is 36.5 Å². The van der Waals surface area contributed by atoms with Crippen molar-refractivity contribution in [3.05, 3.63) is 42.1 Å². The third kappa shape index (κ3) is 3.80. The molecular weight excluding hydrogens is 244 g/mol. The van der Waals surface area contributed by atoms with Crippen molar-refractivity contribution >= 4 is 10.9 Å². The van der Waals surface area contributed by atoms with Crippen LogP contribution in [0, 0.1) is 5.92 Å². The topological polar surface area (TPSA) is 24.9 Å². The van der Waals surface area contributed by atoms with Gasteiger partial charge in [0.25, 0.3) is 0 Å². The SMILES string of the molecule is CCCNC(CC(C)CC)c1ccc2cccnc2c1. The van der Waals surface area contributed by atoms with Gasteiger partial charge in [-0.05, 0) is 43.0 Å². The molecule has 108 valence electrons. The molecule has 2 nitrogen and oxygen atoms in total. The molecule has 0 aliphatic carbocycles. The first-order valence-corrected chi connectivity index (χ1v) is 7.82. The zero-order valence-electron chi connectivity index (χ0n) is 12.9. The molecule has 0 saturated carbocycles. The van der Waals surface area contributed by atoms with Crippen molar-refractivity contribution in [1.29, 1.82) is 0 Å². The normalized spacial score (nSPS) is 14.3. The number of hydrogen-bond donors (Lipinski definition) is 1. The van der Waals surface area contributed by atoms with Crippen molar-refractivity contribution in [3.63, 3.8) is 0 Å². The second-order valence-electron chi connectivity index (χ2n) is 5.71. The third-order valence-corrected chi connectivity index (χ3v) is 4.01. The second-order valence-corrected chi connectivity index (χ2v) is 5.71. The minimum Gasteiger partial charge on any atom is -0.310 e. The van der Waals surface area contributed by atoms with Gasteiger partial charge in [0, 0.05) is 17.6 Å². The van der Waals surface area contributed by atoms with Crippen LogP contribution in [0.3, 0.4) is 0 Å².